The van der Waals surface area contributed by atoms with E-state index in [1.165, 1.54) is 6.07 Å². The highest BCUT2D eigenvalue weighted by molar-refractivity contribution is 9.10. The van der Waals surface area contributed by atoms with Crippen LogP contribution in [0.5, 0.6) is 0 Å². The molecule has 0 aromatic heterocycles. The van der Waals surface area contributed by atoms with Crippen molar-refractivity contribution in [2.75, 3.05) is 25.4 Å². The van der Waals surface area contributed by atoms with Gasteiger partial charge in [0.25, 0.3) is 0 Å². The second kappa shape index (κ2) is 7.07. The van der Waals surface area contributed by atoms with Crippen molar-refractivity contribution in [1.29, 1.82) is 0 Å². The fourth-order valence-corrected chi connectivity index (χ4v) is 4.06. The Balaban J connectivity index is 2.19. The molecule has 2 nitrogen and oxygen atoms in total. The molecular weight excluding hydrogens is 327 g/mol. The zero-order chi connectivity index (χ0) is 13.8. The molecule has 1 aliphatic rings. The Kier molecular flexibility index (Phi) is 5.69. The molecule has 19 heavy (non-hydrogen) atoms. The summed E-state index contributed by atoms with van der Waals surface area (Å²) in [5.41, 5.74) is 6.62. The summed E-state index contributed by atoms with van der Waals surface area (Å²) in [7, 11) is 0. The van der Waals surface area contributed by atoms with Crippen LogP contribution in [0.2, 0.25) is 0 Å². The van der Waals surface area contributed by atoms with E-state index in [0.29, 0.717) is 17.4 Å². The summed E-state index contributed by atoms with van der Waals surface area (Å²) < 4.78 is 14.9. The number of nitrogens with zero attached hydrogens (tertiary/aromatic N) is 1. The Hall–Kier alpha value is -0.100. The molecule has 2 atom stereocenters. The minimum Gasteiger partial charge on any atom is -0.329 e. The minimum absolute atomic E-state index is 0.0111. The molecule has 0 amide bonds. The van der Waals surface area contributed by atoms with Gasteiger partial charge in [0, 0.05) is 46.7 Å². The number of nitrogens with two attached hydrogens (primary N) is 1. The van der Waals surface area contributed by atoms with Gasteiger partial charge in [-0.05, 0) is 18.6 Å². The molecule has 0 bridgehead atoms. The number of hydrogen-bond donors (Lipinski definition) is 1. The zero-order valence-corrected chi connectivity index (χ0v) is 13.5. The average molecular weight is 347 g/mol. The average Bonchev–Trinajstić information content (AvgIpc) is 2.42. The lowest BCUT2D eigenvalue weighted by Gasteiger charge is -2.37. The Labute approximate surface area is 127 Å². The maximum atomic E-state index is 14.1. The van der Waals surface area contributed by atoms with Crippen LogP contribution >= 0.6 is 27.7 Å². The number of halogens is 2. The van der Waals surface area contributed by atoms with Gasteiger partial charge in [-0.25, -0.2) is 4.39 Å². The Bertz CT molecular complexity index is 430. The quantitative estimate of drug-likeness (QED) is 0.905. The zero-order valence-electron chi connectivity index (χ0n) is 11.1. The first kappa shape index (κ1) is 15.3. The first-order chi connectivity index (χ1) is 9.15. The fraction of sp³-hybridized carbons (Fsp3) is 0.571. The van der Waals surface area contributed by atoms with Gasteiger partial charge in [-0.2, -0.15) is 11.8 Å². The first-order valence-corrected chi connectivity index (χ1v) is 8.50. The molecule has 106 valence electrons. The van der Waals surface area contributed by atoms with Crippen molar-refractivity contribution >= 4 is 27.7 Å². The summed E-state index contributed by atoms with van der Waals surface area (Å²) >= 11 is 5.31. The Morgan fingerprint density at radius 2 is 2.37 bits per heavy atom. The summed E-state index contributed by atoms with van der Waals surface area (Å²) in [5, 5.41) is 0.640. The third-order valence-corrected chi connectivity index (χ3v) is 5.48. The second-order valence-electron chi connectivity index (χ2n) is 4.81. The molecule has 2 rings (SSSR count). The number of hydrogen-bond acceptors (Lipinski definition) is 3. The summed E-state index contributed by atoms with van der Waals surface area (Å²) in [6, 6.07) is 5.24. The predicted molar refractivity (Wildman–Crippen MR) is 84.0 cm³/mol. The van der Waals surface area contributed by atoms with Crippen LogP contribution < -0.4 is 5.73 Å². The van der Waals surface area contributed by atoms with Crippen LogP contribution in [-0.4, -0.2) is 35.5 Å². The Morgan fingerprint density at radius 1 is 1.58 bits per heavy atom. The van der Waals surface area contributed by atoms with Crippen molar-refractivity contribution < 1.29 is 4.39 Å². The summed E-state index contributed by atoms with van der Waals surface area (Å²) in [6.07, 6.45) is 1.15. The van der Waals surface area contributed by atoms with Crippen LogP contribution in [0.1, 0.15) is 24.9 Å². The van der Waals surface area contributed by atoms with Crippen molar-refractivity contribution in [3.8, 4) is 0 Å². The van der Waals surface area contributed by atoms with Gasteiger partial charge < -0.3 is 5.73 Å². The van der Waals surface area contributed by atoms with Gasteiger partial charge in [0.2, 0.25) is 0 Å². The van der Waals surface area contributed by atoms with Crippen LogP contribution in [0, 0.1) is 5.82 Å². The van der Waals surface area contributed by atoms with Gasteiger partial charge in [-0.3, -0.25) is 4.90 Å². The topological polar surface area (TPSA) is 29.3 Å². The van der Waals surface area contributed by atoms with E-state index >= 15 is 0 Å². The van der Waals surface area contributed by atoms with Crippen LogP contribution in [0.3, 0.4) is 0 Å². The standard InChI is InChI=1S/C14H20BrFN2S/c1-2-11-9-18(5-6-19-11)14(8-17)12-4-3-10(15)7-13(12)16/h3-4,7,11,14H,2,5-6,8-9,17H2,1H3. The summed E-state index contributed by atoms with van der Waals surface area (Å²) in [6.45, 7) is 4.65. The van der Waals surface area contributed by atoms with Gasteiger partial charge in [-0.15, -0.1) is 0 Å². The van der Waals surface area contributed by atoms with Crippen LogP contribution in [-0.2, 0) is 0 Å². The van der Waals surface area contributed by atoms with Gasteiger partial charge in [0.1, 0.15) is 5.82 Å². The SMILES string of the molecule is CCC1CN(C(CN)c2ccc(Br)cc2F)CCS1. The molecule has 1 fully saturated rings. The van der Waals surface area contributed by atoms with Gasteiger partial charge >= 0.3 is 0 Å². The van der Waals surface area contributed by atoms with E-state index in [1.54, 1.807) is 0 Å². The monoisotopic (exact) mass is 346 g/mol. The van der Waals surface area contributed by atoms with Crippen molar-refractivity contribution in [2.45, 2.75) is 24.6 Å². The van der Waals surface area contributed by atoms with E-state index < -0.39 is 0 Å². The van der Waals surface area contributed by atoms with Crippen molar-refractivity contribution in [2.24, 2.45) is 5.73 Å². The summed E-state index contributed by atoms with van der Waals surface area (Å²) in [5.74, 6) is 0.934. The molecule has 0 saturated carbocycles. The highest BCUT2D eigenvalue weighted by Crippen LogP contribution is 2.30. The van der Waals surface area contributed by atoms with E-state index in [2.05, 4.69) is 27.8 Å². The van der Waals surface area contributed by atoms with Crippen LogP contribution in [0.25, 0.3) is 0 Å². The first-order valence-electron chi connectivity index (χ1n) is 6.66. The predicted octanol–water partition coefficient (Wildman–Crippen LogP) is 3.42. The normalized spacial score (nSPS) is 22.4. The molecule has 1 heterocycles. The van der Waals surface area contributed by atoms with E-state index in [9.17, 15) is 4.39 Å². The van der Waals surface area contributed by atoms with Gasteiger partial charge in [-0.1, -0.05) is 28.9 Å². The van der Waals surface area contributed by atoms with Crippen LogP contribution in [0.4, 0.5) is 4.39 Å². The van der Waals surface area contributed by atoms with Crippen molar-refractivity contribution in [1.82, 2.24) is 4.90 Å². The van der Waals surface area contributed by atoms with Gasteiger partial charge in [0.05, 0.1) is 0 Å². The molecule has 0 aliphatic carbocycles. The van der Waals surface area contributed by atoms with E-state index in [0.717, 1.165) is 29.7 Å². The number of thioether (sulfide) groups is 1. The molecule has 1 aromatic rings. The minimum atomic E-state index is -0.170. The number of benzene rings is 1. The lowest BCUT2D eigenvalue weighted by Crippen LogP contribution is -2.43. The largest absolute Gasteiger partial charge is 0.329 e. The maximum Gasteiger partial charge on any atom is 0.129 e. The number of rotatable bonds is 4. The molecule has 0 spiro atoms. The molecule has 2 N–H and O–H groups in total. The molecule has 1 aliphatic heterocycles. The van der Waals surface area contributed by atoms with E-state index in [-0.39, 0.29) is 11.9 Å². The molecule has 1 saturated heterocycles. The molecule has 0 radical (unpaired) electrons. The molecule has 5 heteroatoms. The van der Waals surface area contributed by atoms with Crippen molar-refractivity contribution in [3.05, 3.63) is 34.1 Å². The molecule has 2 unspecified atom stereocenters. The van der Waals surface area contributed by atoms with E-state index in [1.807, 2.05) is 23.9 Å². The van der Waals surface area contributed by atoms with Gasteiger partial charge in [0.15, 0.2) is 0 Å². The van der Waals surface area contributed by atoms with Crippen molar-refractivity contribution in [3.63, 3.8) is 0 Å². The lowest BCUT2D eigenvalue weighted by atomic mass is 10.0. The highest BCUT2D eigenvalue weighted by Gasteiger charge is 2.27. The summed E-state index contributed by atoms with van der Waals surface area (Å²) in [4.78, 5) is 2.33. The fourth-order valence-electron chi connectivity index (χ4n) is 2.52. The van der Waals surface area contributed by atoms with E-state index in [4.69, 9.17) is 5.73 Å². The smallest absolute Gasteiger partial charge is 0.129 e. The Morgan fingerprint density at radius 3 is 3.00 bits per heavy atom. The third kappa shape index (κ3) is 3.72. The van der Waals surface area contributed by atoms with Crippen LogP contribution in [0.15, 0.2) is 22.7 Å². The molecule has 1 aromatic carbocycles. The molecular formula is C14H20BrFN2S. The lowest BCUT2D eigenvalue weighted by molar-refractivity contribution is 0.203. The second-order valence-corrected chi connectivity index (χ2v) is 7.14. The third-order valence-electron chi connectivity index (χ3n) is 3.61. The highest BCUT2D eigenvalue weighted by atomic mass is 79.9. The maximum absolute atomic E-state index is 14.1.